The van der Waals surface area contributed by atoms with Gasteiger partial charge in [-0.25, -0.2) is 9.78 Å². The highest BCUT2D eigenvalue weighted by molar-refractivity contribution is 5.93. The van der Waals surface area contributed by atoms with Crippen molar-refractivity contribution in [3.8, 4) is 0 Å². The third kappa shape index (κ3) is 2.89. The van der Waals surface area contributed by atoms with Gasteiger partial charge in [0.25, 0.3) is 0 Å². The van der Waals surface area contributed by atoms with Crippen LogP contribution in [0.1, 0.15) is 33.6 Å². The van der Waals surface area contributed by atoms with Crippen LogP contribution in [0.15, 0.2) is 18.5 Å². The standard InChI is InChI=1S/C15H18N4O2/c1-19-9-10(8-17-19)5-6-16-14-12(15(20)21)7-11-3-2-4-13(11)18-14/h7-9H,2-6H2,1H3,(H,16,18)(H,20,21). The van der Waals surface area contributed by atoms with Crippen LogP contribution in [-0.4, -0.2) is 32.4 Å². The lowest BCUT2D eigenvalue weighted by Gasteiger charge is -2.10. The maximum Gasteiger partial charge on any atom is 0.339 e. The third-order valence-corrected chi connectivity index (χ3v) is 3.75. The van der Waals surface area contributed by atoms with E-state index in [4.69, 9.17) is 0 Å². The Hall–Kier alpha value is -2.37. The van der Waals surface area contributed by atoms with Crippen LogP contribution in [0.5, 0.6) is 0 Å². The van der Waals surface area contributed by atoms with Crippen molar-refractivity contribution in [3.63, 3.8) is 0 Å². The summed E-state index contributed by atoms with van der Waals surface area (Å²) in [5.41, 5.74) is 3.49. The predicted molar refractivity (Wildman–Crippen MR) is 78.6 cm³/mol. The molecule has 0 aromatic carbocycles. The molecule has 2 aromatic rings. The quantitative estimate of drug-likeness (QED) is 0.873. The molecule has 0 aliphatic heterocycles. The van der Waals surface area contributed by atoms with Gasteiger partial charge in [-0.2, -0.15) is 5.10 Å². The maximum absolute atomic E-state index is 11.4. The largest absolute Gasteiger partial charge is 0.478 e. The van der Waals surface area contributed by atoms with E-state index < -0.39 is 5.97 Å². The van der Waals surface area contributed by atoms with Gasteiger partial charge in [0.2, 0.25) is 0 Å². The molecule has 110 valence electrons. The number of hydrogen-bond donors (Lipinski definition) is 2. The van der Waals surface area contributed by atoms with Gasteiger partial charge in [-0.3, -0.25) is 4.68 Å². The smallest absolute Gasteiger partial charge is 0.339 e. The average Bonchev–Trinajstić information content (AvgIpc) is 3.06. The van der Waals surface area contributed by atoms with Gasteiger partial charge in [-0.15, -0.1) is 0 Å². The number of fused-ring (bicyclic) bond motifs is 1. The number of anilines is 1. The Morgan fingerprint density at radius 2 is 2.33 bits per heavy atom. The van der Waals surface area contributed by atoms with Crippen molar-refractivity contribution >= 4 is 11.8 Å². The number of rotatable bonds is 5. The average molecular weight is 286 g/mol. The zero-order valence-corrected chi connectivity index (χ0v) is 12.0. The summed E-state index contributed by atoms with van der Waals surface area (Å²) in [6.45, 7) is 0.637. The minimum Gasteiger partial charge on any atom is -0.478 e. The molecule has 0 amide bonds. The summed E-state index contributed by atoms with van der Waals surface area (Å²) in [6.07, 6.45) is 7.48. The number of carboxylic acids is 1. The molecule has 0 unspecified atom stereocenters. The number of aromatic nitrogens is 3. The van der Waals surface area contributed by atoms with Gasteiger partial charge in [-0.05, 0) is 42.9 Å². The number of nitrogens with zero attached hydrogens (tertiary/aromatic N) is 3. The van der Waals surface area contributed by atoms with Gasteiger partial charge in [0.15, 0.2) is 0 Å². The summed E-state index contributed by atoms with van der Waals surface area (Å²) in [7, 11) is 1.88. The fraction of sp³-hybridized carbons (Fsp3) is 0.400. The van der Waals surface area contributed by atoms with Crippen molar-refractivity contribution in [1.82, 2.24) is 14.8 Å². The molecule has 0 bridgehead atoms. The van der Waals surface area contributed by atoms with Crippen molar-refractivity contribution in [2.75, 3.05) is 11.9 Å². The minimum absolute atomic E-state index is 0.266. The van der Waals surface area contributed by atoms with Crippen molar-refractivity contribution in [2.24, 2.45) is 7.05 Å². The van der Waals surface area contributed by atoms with Crippen LogP contribution in [0.25, 0.3) is 0 Å². The molecule has 2 heterocycles. The highest BCUT2D eigenvalue weighted by atomic mass is 16.4. The Morgan fingerprint density at radius 1 is 1.48 bits per heavy atom. The van der Waals surface area contributed by atoms with Crippen LogP contribution in [0.4, 0.5) is 5.82 Å². The molecule has 0 atom stereocenters. The second-order valence-electron chi connectivity index (χ2n) is 5.35. The zero-order chi connectivity index (χ0) is 14.8. The highest BCUT2D eigenvalue weighted by Gasteiger charge is 2.19. The second kappa shape index (κ2) is 5.55. The lowest BCUT2D eigenvalue weighted by Crippen LogP contribution is -2.12. The first-order chi connectivity index (χ1) is 10.1. The number of aryl methyl sites for hydroxylation is 3. The minimum atomic E-state index is -0.930. The molecule has 1 aliphatic carbocycles. The monoisotopic (exact) mass is 286 g/mol. The summed E-state index contributed by atoms with van der Waals surface area (Å²) >= 11 is 0. The first-order valence-corrected chi connectivity index (χ1v) is 7.11. The first kappa shape index (κ1) is 13.6. The molecule has 0 saturated heterocycles. The first-order valence-electron chi connectivity index (χ1n) is 7.11. The van der Waals surface area contributed by atoms with E-state index in [1.165, 1.54) is 0 Å². The molecular weight excluding hydrogens is 268 g/mol. The molecule has 2 aromatic heterocycles. The lowest BCUT2D eigenvalue weighted by molar-refractivity contribution is 0.0697. The van der Waals surface area contributed by atoms with Crippen LogP contribution in [0.2, 0.25) is 0 Å². The Bertz CT molecular complexity index is 678. The number of aromatic carboxylic acids is 1. The van der Waals surface area contributed by atoms with E-state index in [1.807, 2.05) is 19.4 Å². The summed E-state index contributed by atoms with van der Waals surface area (Å²) in [5.74, 6) is -0.451. The maximum atomic E-state index is 11.4. The Labute approximate surface area is 122 Å². The van der Waals surface area contributed by atoms with Crippen molar-refractivity contribution < 1.29 is 9.90 Å². The fourth-order valence-corrected chi connectivity index (χ4v) is 2.70. The van der Waals surface area contributed by atoms with E-state index in [2.05, 4.69) is 15.4 Å². The number of carbonyl (C=O) groups is 1. The molecule has 3 rings (SSSR count). The number of hydrogen-bond acceptors (Lipinski definition) is 4. The summed E-state index contributed by atoms with van der Waals surface area (Å²) in [6, 6.07) is 1.77. The van der Waals surface area contributed by atoms with E-state index in [0.29, 0.717) is 12.4 Å². The molecule has 0 fully saturated rings. The van der Waals surface area contributed by atoms with Gasteiger partial charge >= 0.3 is 5.97 Å². The van der Waals surface area contributed by atoms with Crippen LogP contribution >= 0.6 is 0 Å². The highest BCUT2D eigenvalue weighted by Crippen LogP contribution is 2.25. The van der Waals surface area contributed by atoms with Gasteiger partial charge in [0.1, 0.15) is 11.4 Å². The van der Waals surface area contributed by atoms with Crippen molar-refractivity contribution in [3.05, 3.63) is 40.8 Å². The molecule has 0 spiro atoms. The van der Waals surface area contributed by atoms with Gasteiger partial charge < -0.3 is 10.4 Å². The summed E-state index contributed by atoms with van der Waals surface area (Å²) in [4.78, 5) is 15.9. The molecule has 21 heavy (non-hydrogen) atoms. The van der Waals surface area contributed by atoms with Gasteiger partial charge in [0.05, 0.1) is 6.20 Å². The van der Waals surface area contributed by atoms with E-state index in [1.54, 1.807) is 10.7 Å². The SMILES string of the molecule is Cn1cc(CCNc2nc3c(cc2C(=O)O)CCC3)cn1. The molecule has 0 radical (unpaired) electrons. The second-order valence-corrected chi connectivity index (χ2v) is 5.35. The van der Waals surface area contributed by atoms with Crippen LogP contribution < -0.4 is 5.32 Å². The molecule has 2 N–H and O–H groups in total. The van der Waals surface area contributed by atoms with Gasteiger partial charge in [0, 0.05) is 25.5 Å². The molecular formula is C15H18N4O2. The summed E-state index contributed by atoms with van der Waals surface area (Å²) < 4.78 is 1.76. The van der Waals surface area contributed by atoms with Crippen LogP contribution in [-0.2, 0) is 26.3 Å². The number of carboxylic acid groups (broad SMARTS) is 1. The number of nitrogens with one attached hydrogen (secondary N) is 1. The normalized spacial score (nSPS) is 13.2. The Morgan fingerprint density at radius 3 is 3.05 bits per heavy atom. The summed E-state index contributed by atoms with van der Waals surface area (Å²) in [5, 5.41) is 16.6. The fourth-order valence-electron chi connectivity index (χ4n) is 2.70. The lowest BCUT2D eigenvalue weighted by atomic mass is 10.1. The van der Waals surface area contributed by atoms with Crippen LogP contribution in [0, 0.1) is 0 Å². The van der Waals surface area contributed by atoms with E-state index in [0.717, 1.165) is 42.5 Å². The van der Waals surface area contributed by atoms with Gasteiger partial charge in [-0.1, -0.05) is 0 Å². The third-order valence-electron chi connectivity index (χ3n) is 3.75. The van der Waals surface area contributed by atoms with E-state index >= 15 is 0 Å². The topological polar surface area (TPSA) is 80.0 Å². The predicted octanol–water partition coefficient (Wildman–Crippen LogP) is 1.66. The Kier molecular flexibility index (Phi) is 3.60. The molecule has 1 aliphatic rings. The van der Waals surface area contributed by atoms with E-state index in [-0.39, 0.29) is 5.56 Å². The number of pyridine rings is 1. The Balaban J connectivity index is 1.73. The van der Waals surface area contributed by atoms with Crippen LogP contribution in [0.3, 0.4) is 0 Å². The van der Waals surface area contributed by atoms with Crippen molar-refractivity contribution in [1.29, 1.82) is 0 Å². The van der Waals surface area contributed by atoms with E-state index in [9.17, 15) is 9.90 Å². The zero-order valence-electron chi connectivity index (χ0n) is 12.0. The molecule has 0 saturated carbocycles. The molecule has 6 heteroatoms. The molecule has 6 nitrogen and oxygen atoms in total. The van der Waals surface area contributed by atoms with Crippen molar-refractivity contribution in [2.45, 2.75) is 25.7 Å².